The maximum absolute atomic E-state index is 13.8. The van der Waals surface area contributed by atoms with Gasteiger partial charge in [0.2, 0.25) is 5.91 Å². The second-order valence-corrected chi connectivity index (χ2v) is 9.24. The molecule has 10 heteroatoms. The van der Waals surface area contributed by atoms with Gasteiger partial charge in [-0.25, -0.2) is 9.37 Å². The first-order valence-electron chi connectivity index (χ1n) is 9.79. The number of carbonyl (C=O) groups excluding carboxylic acids is 1. The summed E-state index contributed by atoms with van der Waals surface area (Å²) in [7, 11) is 0. The summed E-state index contributed by atoms with van der Waals surface area (Å²) >= 11 is 2.53. The Bertz CT molecular complexity index is 1140. The molecule has 3 heterocycles. The van der Waals surface area contributed by atoms with E-state index in [-0.39, 0.29) is 28.9 Å². The van der Waals surface area contributed by atoms with Gasteiger partial charge in [0.15, 0.2) is 15.9 Å². The molecule has 0 bridgehead atoms. The molecule has 30 heavy (non-hydrogen) atoms. The van der Waals surface area contributed by atoms with Crippen LogP contribution in [0, 0.1) is 5.82 Å². The van der Waals surface area contributed by atoms with Crippen LogP contribution in [-0.4, -0.2) is 39.3 Å². The van der Waals surface area contributed by atoms with E-state index in [1.807, 2.05) is 13.8 Å². The number of carbonyl (C=O) groups is 1. The zero-order valence-corrected chi connectivity index (χ0v) is 18.4. The second-order valence-electron chi connectivity index (χ2n) is 7.32. The van der Waals surface area contributed by atoms with Gasteiger partial charge in [-0.3, -0.25) is 14.2 Å². The molecule has 2 aromatic heterocycles. The van der Waals surface area contributed by atoms with E-state index in [9.17, 15) is 14.0 Å². The molecular weight excluding hydrogens is 425 g/mol. The fourth-order valence-corrected chi connectivity index (χ4v) is 5.25. The van der Waals surface area contributed by atoms with Crippen LogP contribution < -0.4 is 15.8 Å². The maximum atomic E-state index is 13.8. The van der Waals surface area contributed by atoms with E-state index in [4.69, 9.17) is 0 Å². The third kappa shape index (κ3) is 4.20. The standard InChI is InChI=1S/C20H22FN5O2S2/c1-12(2)26-18(28)16-17(23-19(30-16)25-9-5-6-10-25)24-20(26)29-11-15(27)22-14-8-4-3-7-13(14)21/h3-4,7-8,12H,5-6,9-11H2,1-2H3,(H,22,27). The van der Waals surface area contributed by atoms with Crippen LogP contribution in [0.1, 0.15) is 32.7 Å². The number of hydrogen-bond acceptors (Lipinski definition) is 7. The number of amides is 1. The number of anilines is 2. The van der Waals surface area contributed by atoms with Crippen LogP contribution in [0.5, 0.6) is 0 Å². The summed E-state index contributed by atoms with van der Waals surface area (Å²) in [5, 5.41) is 3.81. The molecule has 4 rings (SSSR count). The van der Waals surface area contributed by atoms with Gasteiger partial charge in [-0.2, -0.15) is 4.98 Å². The van der Waals surface area contributed by atoms with Crippen LogP contribution in [-0.2, 0) is 4.79 Å². The molecule has 1 amide bonds. The number of thiazole rings is 1. The number of benzene rings is 1. The van der Waals surface area contributed by atoms with E-state index >= 15 is 0 Å². The number of nitrogens with one attached hydrogen (secondary N) is 1. The molecule has 1 N–H and O–H groups in total. The topological polar surface area (TPSA) is 80.1 Å². The Morgan fingerprint density at radius 2 is 2.00 bits per heavy atom. The van der Waals surface area contributed by atoms with E-state index in [1.165, 1.54) is 23.5 Å². The van der Waals surface area contributed by atoms with E-state index < -0.39 is 5.82 Å². The van der Waals surface area contributed by atoms with Crippen LogP contribution in [0.2, 0.25) is 0 Å². The number of para-hydroxylation sites is 1. The molecule has 0 aliphatic carbocycles. The highest BCUT2D eigenvalue weighted by Gasteiger charge is 2.22. The molecule has 1 aliphatic rings. The van der Waals surface area contributed by atoms with Crippen LogP contribution in [0.3, 0.4) is 0 Å². The number of nitrogens with zero attached hydrogens (tertiary/aromatic N) is 4. The molecule has 0 spiro atoms. The summed E-state index contributed by atoms with van der Waals surface area (Å²) in [6.45, 7) is 5.69. The van der Waals surface area contributed by atoms with Crippen LogP contribution in [0.15, 0.2) is 34.2 Å². The molecule has 158 valence electrons. The van der Waals surface area contributed by atoms with Crippen molar-refractivity contribution in [3.8, 4) is 0 Å². The summed E-state index contributed by atoms with van der Waals surface area (Å²) in [4.78, 5) is 36.8. The highest BCUT2D eigenvalue weighted by atomic mass is 32.2. The minimum absolute atomic E-state index is 0.00210. The van der Waals surface area contributed by atoms with Gasteiger partial charge in [-0.1, -0.05) is 35.2 Å². The summed E-state index contributed by atoms with van der Waals surface area (Å²) in [6, 6.07) is 5.88. The second kappa shape index (κ2) is 8.73. The van der Waals surface area contributed by atoms with Crippen molar-refractivity contribution in [2.24, 2.45) is 0 Å². The van der Waals surface area contributed by atoms with Crippen molar-refractivity contribution in [2.75, 3.05) is 29.1 Å². The average molecular weight is 448 g/mol. The number of rotatable bonds is 6. The SMILES string of the molecule is CC(C)n1c(SCC(=O)Nc2ccccc2F)nc2nc(N3CCCC3)sc2c1=O. The van der Waals surface area contributed by atoms with Crippen LogP contribution >= 0.6 is 23.1 Å². The molecule has 7 nitrogen and oxygen atoms in total. The molecule has 0 radical (unpaired) electrons. The number of halogens is 1. The smallest absolute Gasteiger partial charge is 0.274 e. The number of thioether (sulfide) groups is 1. The zero-order valence-electron chi connectivity index (χ0n) is 16.7. The number of aromatic nitrogens is 3. The number of hydrogen-bond donors (Lipinski definition) is 1. The van der Waals surface area contributed by atoms with Crippen molar-refractivity contribution in [1.29, 1.82) is 0 Å². The van der Waals surface area contributed by atoms with Crippen molar-refractivity contribution < 1.29 is 9.18 Å². The third-order valence-corrected chi connectivity index (χ3v) is 6.84. The highest BCUT2D eigenvalue weighted by Crippen LogP contribution is 2.30. The quantitative estimate of drug-likeness (QED) is 0.456. The van der Waals surface area contributed by atoms with Crippen molar-refractivity contribution in [3.63, 3.8) is 0 Å². The minimum Gasteiger partial charge on any atom is -0.348 e. The van der Waals surface area contributed by atoms with Gasteiger partial charge in [0, 0.05) is 19.1 Å². The third-order valence-electron chi connectivity index (χ3n) is 4.79. The molecule has 1 saturated heterocycles. The first-order chi connectivity index (χ1) is 14.4. The Morgan fingerprint density at radius 3 is 2.70 bits per heavy atom. The van der Waals surface area contributed by atoms with Crippen molar-refractivity contribution >= 4 is 50.2 Å². The Balaban J connectivity index is 1.59. The lowest BCUT2D eigenvalue weighted by Gasteiger charge is -2.14. The number of fused-ring (bicyclic) bond motifs is 1. The van der Waals surface area contributed by atoms with Gasteiger partial charge in [0.1, 0.15) is 10.5 Å². The van der Waals surface area contributed by atoms with Gasteiger partial charge in [0.25, 0.3) is 5.56 Å². The lowest BCUT2D eigenvalue weighted by molar-refractivity contribution is -0.113. The Kier molecular flexibility index (Phi) is 6.05. The Hall–Kier alpha value is -2.46. The highest BCUT2D eigenvalue weighted by molar-refractivity contribution is 7.99. The summed E-state index contributed by atoms with van der Waals surface area (Å²) in [6.07, 6.45) is 2.25. The molecule has 0 atom stereocenters. The Labute approximate surface area is 181 Å². The molecule has 1 aliphatic heterocycles. The normalized spacial score (nSPS) is 14.1. The lowest BCUT2D eigenvalue weighted by atomic mass is 10.3. The zero-order chi connectivity index (χ0) is 21.3. The fourth-order valence-electron chi connectivity index (χ4n) is 3.34. The average Bonchev–Trinajstić information content (AvgIpc) is 3.37. The lowest BCUT2D eigenvalue weighted by Crippen LogP contribution is -2.25. The monoisotopic (exact) mass is 447 g/mol. The van der Waals surface area contributed by atoms with Gasteiger partial charge in [0.05, 0.1) is 11.4 Å². The van der Waals surface area contributed by atoms with E-state index in [0.29, 0.717) is 15.5 Å². The van der Waals surface area contributed by atoms with Gasteiger partial charge >= 0.3 is 0 Å². The van der Waals surface area contributed by atoms with Gasteiger partial charge in [-0.05, 0) is 38.8 Å². The molecule has 0 unspecified atom stereocenters. The summed E-state index contributed by atoms with van der Waals surface area (Å²) in [5.41, 5.74) is 0.401. The first-order valence-corrected chi connectivity index (χ1v) is 11.6. The van der Waals surface area contributed by atoms with E-state index in [2.05, 4.69) is 20.2 Å². The minimum atomic E-state index is -0.494. The summed E-state index contributed by atoms with van der Waals surface area (Å²) < 4.78 is 15.9. The van der Waals surface area contributed by atoms with Crippen LogP contribution in [0.4, 0.5) is 15.2 Å². The molecule has 1 fully saturated rings. The largest absolute Gasteiger partial charge is 0.348 e. The van der Waals surface area contributed by atoms with Crippen molar-refractivity contribution in [1.82, 2.24) is 14.5 Å². The van der Waals surface area contributed by atoms with Crippen molar-refractivity contribution in [3.05, 3.63) is 40.4 Å². The van der Waals surface area contributed by atoms with Crippen LogP contribution in [0.25, 0.3) is 10.3 Å². The Morgan fingerprint density at radius 1 is 1.27 bits per heavy atom. The maximum Gasteiger partial charge on any atom is 0.274 e. The van der Waals surface area contributed by atoms with Gasteiger partial charge < -0.3 is 10.2 Å². The van der Waals surface area contributed by atoms with Crippen molar-refractivity contribution in [2.45, 2.75) is 37.9 Å². The summed E-state index contributed by atoms with van der Waals surface area (Å²) in [5.74, 6) is -0.862. The predicted octanol–water partition coefficient (Wildman–Crippen LogP) is 3.90. The fraction of sp³-hybridized carbons (Fsp3) is 0.400. The molecule has 0 saturated carbocycles. The molecule has 3 aromatic rings. The van der Waals surface area contributed by atoms with Gasteiger partial charge in [-0.15, -0.1) is 0 Å². The predicted molar refractivity (Wildman–Crippen MR) is 119 cm³/mol. The molecule has 1 aromatic carbocycles. The first kappa shape index (κ1) is 20.8. The van der Waals surface area contributed by atoms with E-state index in [1.54, 1.807) is 16.7 Å². The molecular formula is C20H22FN5O2S2. The van der Waals surface area contributed by atoms with E-state index in [0.717, 1.165) is 42.8 Å².